The van der Waals surface area contributed by atoms with Gasteiger partial charge in [0, 0.05) is 31.3 Å². The first kappa shape index (κ1) is 34.4. The number of hydrogen-bond acceptors (Lipinski definition) is 7. The summed E-state index contributed by atoms with van der Waals surface area (Å²) in [6, 6.07) is 14.3. The molecule has 1 amide bonds. The number of rotatable bonds is 11. The molecule has 9 nitrogen and oxygen atoms in total. The van der Waals surface area contributed by atoms with Crippen molar-refractivity contribution in [2.75, 3.05) is 30.9 Å². The van der Waals surface area contributed by atoms with Crippen LogP contribution in [0.15, 0.2) is 53.4 Å². The fraction of sp³-hybridized carbons (Fsp3) is 0.514. The molecule has 244 valence electrons. The molecule has 1 aliphatic heterocycles. The molecular formula is C35H49N5O4S. The van der Waals surface area contributed by atoms with Gasteiger partial charge in [0.1, 0.15) is 6.10 Å². The number of ether oxygens (including phenoxy) is 1. The Labute approximate surface area is 269 Å². The minimum atomic E-state index is -3.97. The number of nitrogens with zero attached hydrogens (tertiary/aromatic N) is 4. The van der Waals surface area contributed by atoms with E-state index in [2.05, 4.69) is 54.2 Å². The van der Waals surface area contributed by atoms with Gasteiger partial charge >= 0.3 is 0 Å². The molecule has 10 heteroatoms. The molecule has 0 bridgehead atoms. The highest BCUT2D eigenvalue weighted by Crippen LogP contribution is 2.31. The van der Waals surface area contributed by atoms with E-state index in [1.54, 1.807) is 24.3 Å². The summed E-state index contributed by atoms with van der Waals surface area (Å²) < 4.78 is 36.2. The zero-order chi connectivity index (χ0) is 32.9. The molecule has 2 heterocycles. The maximum Gasteiger partial charge on any atom is 0.264 e. The van der Waals surface area contributed by atoms with E-state index in [9.17, 15) is 13.2 Å². The average Bonchev–Trinajstić information content (AvgIpc) is 3.09. The SMILES string of the molecule is Cc1cccc(S(=O)(=O)Nc2nc(OC3CN(CCC(C)(C)C)CCN(C=O)C3CC(C)C)cc(-c3c(C)cccc3C)n2)c1. The second kappa shape index (κ2) is 14.3. The molecule has 2 atom stereocenters. The third kappa shape index (κ3) is 9.26. The van der Waals surface area contributed by atoms with Crippen LogP contribution in [0.5, 0.6) is 5.88 Å². The number of carbonyl (C=O) groups excluding carboxylic acids is 1. The summed E-state index contributed by atoms with van der Waals surface area (Å²) in [5, 5.41) is 0. The number of sulfonamides is 1. The molecule has 0 aliphatic carbocycles. The minimum Gasteiger partial charge on any atom is -0.471 e. The predicted molar refractivity (Wildman–Crippen MR) is 180 cm³/mol. The van der Waals surface area contributed by atoms with Crippen LogP contribution in [0.4, 0.5) is 5.95 Å². The van der Waals surface area contributed by atoms with Crippen LogP contribution >= 0.6 is 0 Å². The quantitative estimate of drug-likeness (QED) is 0.249. The van der Waals surface area contributed by atoms with Crippen LogP contribution in [0.3, 0.4) is 0 Å². The van der Waals surface area contributed by atoms with Gasteiger partial charge in [0.15, 0.2) is 0 Å². The van der Waals surface area contributed by atoms with Gasteiger partial charge < -0.3 is 9.64 Å². The van der Waals surface area contributed by atoms with Crippen molar-refractivity contribution >= 4 is 22.4 Å². The van der Waals surface area contributed by atoms with Crippen LogP contribution in [-0.4, -0.2) is 72.9 Å². The van der Waals surface area contributed by atoms with E-state index in [0.29, 0.717) is 24.7 Å². The normalized spacial score (nSPS) is 18.1. The Bertz CT molecular complexity index is 1560. The van der Waals surface area contributed by atoms with Crippen molar-refractivity contribution in [2.24, 2.45) is 11.3 Å². The Morgan fingerprint density at radius 3 is 2.33 bits per heavy atom. The molecule has 2 aromatic carbocycles. The Hall–Kier alpha value is -3.50. The molecule has 0 radical (unpaired) electrons. The molecule has 0 spiro atoms. The Balaban J connectivity index is 1.78. The number of hydrogen-bond donors (Lipinski definition) is 1. The summed E-state index contributed by atoms with van der Waals surface area (Å²) in [4.78, 5) is 26.0. The predicted octanol–water partition coefficient (Wildman–Crippen LogP) is 6.24. The Kier molecular flexibility index (Phi) is 10.9. The highest BCUT2D eigenvalue weighted by Gasteiger charge is 2.35. The van der Waals surface area contributed by atoms with Gasteiger partial charge in [0.2, 0.25) is 18.2 Å². The van der Waals surface area contributed by atoms with E-state index in [1.807, 2.05) is 49.9 Å². The second-order valence-electron chi connectivity index (χ2n) is 13.9. The lowest BCUT2D eigenvalue weighted by atomic mass is 9.92. The zero-order valence-corrected chi connectivity index (χ0v) is 28.8. The molecule has 1 aliphatic rings. The zero-order valence-electron chi connectivity index (χ0n) is 28.0. The molecule has 45 heavy (non-hydrogen) atoms. The molecule has 4 rings (SSSR count). The van der Waals surface area contributed by atoms with Gasteiger partial charge in [0.05, 0.1) is 16.6 Å². The summed E-state index contributed by atoms with van der Waals surface area (Å²) in [7, 11) is -3.97. The van der Waals surface area contributed by atoms with Crippen molar-refractivity contribution in [2.45, 2.75) is 85.3 Å². The summed E-state index contributed by atoms with van der Waals surface area (Å²) >= 11 is 0. The largest absolute Gasteiger partial charge is 0.471 e. The van der Waals surface area contributed by atoms with Crippen molar-refractivity contribution in [1.29, 1.82) is 0 Å². The fourth-order valence-electron chi connectivity index (χ4n) is 5.81. The number of amides is 1. The number of aryl methyl sites for hydroxylation is 3. The highest BCUT2D eigenvalue weighted by atomic mass is 32.2. The number of aromatic nitrogens is 2. The van der Waals surface area contributed by atoms with Crippen molar-refractivity contribution in [3.05, 3.63) is 65.2 Å². The van der Waals surface area contributed by atoms with Crippen LogP contribution in [0.1, 0.15) is 64.2 Å². The third-order valence-electron chi connectivity index (χ3n) is 8.23. The van der Waals surface area contributed by atoms with E-state index >= 15 is 0 Å². The minimum absolute atomic E-state index is 0.0717. The molecule has 1 saturated heterocycles. The monoisotopic (exact) mass is 635 g/mol. The van der Waals surface area contributed by atoms with Crippen molar-refractivity contribution < 1.29 is 17.9 Å². The van der Waals surface area contributed by atoms with Gasteiger partial charge in [-0.15, -0.1) is 0 Å². The topological polar surface area (TPSA) is 105 Å². The smallest absolute Gasteiger partial charge is 0.264 e. The fourth-order valence-corrected chi connectivity index (χ4v) is 6.86. The molecule has 1 fully saturated rings. The lowest BCUT2D eigenvalue weighted by Gasteiger charge is -2.34. The van der Waals surface area contributed by atoms with Crippen molar-refractivity contribution in [3.8, 4) is 17.1 Å². The number of carbonyl (C=O) groups is 1. The maximum atomic E-state index is 13.4. The van der Waals surface area contributed by atoms with E-state index in [0.717, 1.165) is 54.6 Å². The van der Waals surface area contributed by atoms with Crippen molar-refractivity contribution in [1.82, 2.24) is 19.8 Å². The highest BCUT2D eigenvalue weighted by molar-refractivity contribution is 7.92. The number of anilines is 1. The molecular weight excluding hydrogens is 586 g/mol. The van der Waals surface area contributed by atoms with Gasteiger partial charge in [-0.25, -0.2) is 18.1 Å². The lowest BCUT2D eigenvalue weighted by Crippen LogP contribution is -2.47. The van der Waals surface area contributed by atoms with Crippen LogP contribution in [0.25, 0.3) is 11.3 Å². The van der Waals surface area contributed by atoms with Gasteiger partial charge in [0.25, 0.3) is 10.0 Å². The number of benzene rings is 2. The summed E-state index contributed by atoms with van der Waals surface area (Å²) in [6.07, 6.45) is 2.31. The van der Waals surface area contributed by atoms with Crippen LogP contribution in [0.2, 0.25) is 0 Å². The standard InChI is InChI=1S/C35H49N5O4S/c1-24(2)19-30-31(22-39(16-15-35(6,7)8)17-18-40(30)23-41)44-32-21-29(33-26(4)12-10-13-27(33)5)36-34(37-32)38-45(42,43)28-14-9-11-25(3)20-28/h9-14,20-21,23-24,30-31H,15-19,22H2,1-8H3,(H,36,37,38). The first-order valence-electron chi connectivity index (χ1n) is 15.8. The van der Waals surface area contributed by atoms with Crippen LogP contribution in [0, 0.1) is 32.1 Å². The van der Waals surface area contributed by atoms with Crippen LogP contribution in [-0.2, 0) is 14.8 Å². The Morgan fingerprint density at radius 2 is 1.71 bits per heavy atom. The molecule has 1 N–H and O–H groups in total. The summed E-state index contributed by atoms with van der Waals surface area (Å²) in [5.41, 5.74) is 4.44. The second-order valence-corrected chi connectivity index (χ2v) is 15.6. The van der Waals surface area contributed by atoms with Crippen LogP contribution < -0.4 is 9.46 Å². The van der Waals surface area contributed by atoms with Crippen molar-refractivity contribution in [3.63, 3.8) is 0 Å². The van der Waals surface area contributed by atoms with Gasteiger partial charge in [-0.1, -0.05) is 65.0 Å². The first-order chi connectivity index (χ1) is 21.1. The molecule has 2 unspecified atom stereocenters. The van der Waals surface area contributed by atoms with E-state index in [-0.39, 0.29) is 34.3 Å². The van der Waals surface area contributed by atoms with Gasteiger partial charge in [-0.3, -0.25) is 9.69 Å². The molecule has 3 aromatic rings. The molecule has 1 aromatic heterocycles. The van der Waals surface area contributed by atoms with E-state index in [4.69, 9.17) is 4.74 Å². The summed E-state index contributed by atoms with van der Waals surface area (Å²) in [6.45, 7) is 19.7. The maximum absolute atomic E-state index is 13.4. The Morgan fingerprint density at radius 1 is 1.02 bits per heavy atom. The van der Waals surface area contributed by atoms with Gasteiger partial charge in [-0.05, 0) is 80.3 Å². The average molecular weight is 636 g/mol. The first-order valence-corrected chi connectivity index (χ1v) is 17.3. The van der Waals surface area contributed by atoms with E-state index < -0.39 is 10.0 Å². The lowest BCUT2D eigenvalue weighted by molar-refractivity contribution is -0.122. The number of nitrogens with one attached hydrogen (secondary N) is 1. The van der Waals surface area contributed by atoms with Gasteiger partial charge in [-0.2, -0.15) is 4.98 Å². The molecule has 0 saturated carbocycles. The summed E-state index contributed by atoms with van der Waals surface area (Å²) in [5.74, 6) is 0.515. The third-order valence-corrected chi connectivity index (χ3v) is 9.56. The van der Waals surface area contributed by atoms with E-state index in [1.165, 1.54) is 0 Å².